The maximum atomic E-state index is 13.5. The standard InChI is InChI=1S/C22H27N4O10P/c1-5-22(23)17(27)16(34-19(22)26-12-24-20(29)25-21(26)30)11-32-37(31,36-15-9-7-6-8-10-15)35-14(4)18(28)33-13(2)3/h1,6-10,12-14,16-17,19,27H,11,23H2,2-4H3,(H,25,29,30)/t14?,16-,17?,19-,22-,37?/m1/s1. The predicted molar refractivity (Wildman–Crippen MR) is 127 cm³/mol. The van der Waals surface area contributed by atoms with E-state index in [-0.39, 0.29) is 5.75 Å². The molecule has 3 unspecified atom stereocenters. The van der Waals surface area contributed by atoms with Crippen LogP contribution in [0.25, 0.3) is 0 Å². The Kier molecular flexibility index (Phi) is 8.70. The van der Waals surface area contributed by atoms with Crippen molar-refractivity contribution >= 4 is 13.8 Å². The first-order valence-electron chi connectivity index (χ1n) is 11.0. The number of aliphatic hydroxyl groups excluding tert-OH is 1. The van der Waals surface area contributed by atoms with Crippen LogP contribution in [0.5, 0.6) is 5.75 Å². The lowest BCUT2D eigenvalue weighted by Crippen LogP contribution is -2.55. The summed E-state index contributed by atoms with van der Waals surface area (Å²) in [5.74, 6) is 1.47. The number of hydrogen-bond acceptors (Lipinski definition) is 12. The number of nitrogens with zero attached hydrogens (tertiary/aromatic N) is 2. The summed E-state index contributed by atoms with van der Waals surface area (Å²) in [6.45, 7) is 3.90. The Balaban J connectivity index is 1.84. The SMILES string of the molecule is C#C[C@@]1(N)C(O)[C@@H](COP(=O)(Oc2ccccc2)OC(C)C(=O)OC(C)C)O[C@H]1n1cnc(=O)[nH]c1=O. The van der Waals surface area contributed by atoms with Crippen LogP contribution in [0.3, 0.4) is 0 Å². The second-order valence-corrected chi connectivity index (χ2v) is 9.86. The maximum Gasteiger partial charge on any atom is 0.530 e. The monoisotopic (exact) mass is 538 g/mol. The molecule has 1 aliphatic rings. The van der Waals surface area contributed by atoms with Crippen LogP contribution in [-0.2, 0) is 27.9 Å². The Hall–Kier alpha value is -3.31. The molecule has 2 heterocycles. The van der Waals surface area contributed by atoms with Gasteiger partial charge in [-0.3, -0.25) is 18.6 Å². The topological polar surface area (TPSA) is 194 Å². The van der Waals surface area contributed by atoms with Gasteiger partial charge in [0.1, 0.15) is 24.3 Å². The predicted octanol–water partition coefficient (Wildman–Crippen LogP) is 0.0810. The highest BCUT2D eigenvalue weighted by atomic mass is 31.2. The number of ether oxygens (including phenoxy) is 2. The van der Waals surface area contributed by atoms with E-state index >= 15 is 0 Å². The first kappa shape index (κ1) is 28.3. The fourth-order valence-corrected chi connectivity index (χ4v) is 4.67. The van der Waals surface area contributed by atoms with Crippen molar-refractivity contribution < 1.29 is 37.5 Å². The normalized spacial score (nSPS) is 25.7. The summed E-state index contributed by atoms with van der Waals surface area (Å²) in [6.07, 6.45) is 0.103. The molecule has 0 bridgehead atoms. The zero-order valence-corrected chi connectivity index (χ0v) is 21.1. The smallest absolute Gasteiger partial charge is 0.461 e. The lowest BCUT2D eigenvalue weighted by molar-refractivity contribution is -0.156. The molecule has 0 aliphatic carbocycles. The summed E-state index contributed by atoms with van der Waals surface area (Å²) in [4.78, 5) is 41.2. The number of benzene rings is 1. The number of hydrogen-bond donors (Lipinski definition) is 3. The first-order valence-corrected chi connectivity index (χ1v) is 12.5. The van der Waals surface area contributed by atoms with Crippen molar-refractivity contribution in [3.8, 4) is 18.1 Å². The summed E-state index contributed by atoms with van der Waals surface area (Å²) in [5.41, 5.74) is 2.34. The quantitative estimate of drug-likeness (QED) is 0.210. The lowest BCUT2D eigenvalue weighted by Gasteiger charge is -2.27. The van der Waals surface area contributed by atoms with Crippen molar-refractivity contribution in [1.82, 2.24) is 14.5 Å². The molecule has 15 heteroatoms. The molecule has 0 spiro atoms. The van der Waals surface area contributed by atoms with E-state index < -0.39 is 68.0 Å². The summed E-state index contributed by atoms with van der Waals surface area (Å²) in [5, 5.41) is 10.8. The molecule has 4 N–H and O–H groups in total. The number of carbonyl (C=O) groups is 1. The average molecular weight is 538 g/mol. The second kappa shape index (κ2) is 11.4. The Morgan fingerprint density at radius 1 is 1.35 bits per heavy atom. The molecule has 0 saturated carbocycles. The zero-order chi connectivity index (χ0) is 27.4. The van der Waals surface area contributed by atoms with Crippen LogP contribution in [0.15, 0.2) is 46.2 Å². The number of nitrogens with two attached hydrogens (primary N) is 1. The molecule has 1 aromatic carbocycles. The van der Waals surface area contributed by atoms with Crippen LogP contribution < -0.4 is 21.6 Å². The minimum Gasteiger partial charge on any atom is -0.461 e. The van der Waals surface area contributed by atoms with Gasteiger partial charge in [0, 0.05) is 0 Å². The molecule has 37 heavy (non-hydrogen) atoms. The highest BCUT2D eigenvalue weighted by Crippen LogP contribution is 2.51. The Morgan fingerprint density at radius 2 is 2.03 bits per heavy atom. The number of para-hydroxylation sites is 1. The molecule has 1 aliphatic heterocycles. The molecule has 1 aromatic heterocycles. The Bertz CT molecular complexity index is 1310. The van der Waals surface area contributed by atoms with E-state index in [1.807, 2.05) is 4.98 Å². The highest BCUT2D eigenvalue weighted by molar-refractivity contribution is 7.49. The number of aromatic amines is 1. The van der Waals surface area contributed by atoms with Gasteiger partial charge in [-0.05, 0) is 32.9 Å². The molecule has 200 valence electrons. The first-order chi connectivity index (χ1) is 17.4. The molecule has 0 amide bonds. The second-order valence-electron chi connectivity index (χ2n) is 8.32. The number of esters is 1. The van der Waals surface area contributed by atoms with Crippen molar-refractivity contribution in [3.63, 3.8) is 0 Å². The van der Waals surface area contributed by atoms with Crippen LogP contribution in [0.1, 0.15) is 27.0 Å². The number of rotatable bonds is 10. The molecule has 2 aromatic rings. The summed E-state index contributed by atoms with van der Waals surface area (Å²) in [7, 11) is -4.54. The average Bonchev–Trinajstić information content (AvgIpc) is 3.08. The number of nitrogens with one attached hydrogen (secondary N) is 1. The number of H-pyrrole nitrogens is 1. The van der Waals surface area contributed by atoms with Gasteiger partial charge in [-0.15, -0.1) is 6.42 Å². The van der Waals surface area contributed by atoms with Crippen LogP contribution in [-0.4, -0.2) is 62.2 Å². The number of phosphoric acid groups is 1. The van der Waals surface area contributed by atoms with Crippen molar-refractivity contribution in [2.45, 2.75) is 57.0 Å². The van der Waals surface area contributed by atoms with Gasteiger partial charge in [-0.25, -0.2) is 18.9 Å². The zero-order valence-electron chi connectivity index (χ0n) is 20.2. The summed E-state index contributed by atoms with van der Waals surface area (Å²) < 4.78 is 41.3. The van der Waals surface area contributed by atoms with Crippen LogP contribution in [0.2, 0.25) is 0 Å². The summed E-state index contributed by atoms with van der Waals surface area (Å²) >= 11 is 0. The van der Waals surface area contributed by atoms with E-state index in [4.69, 9.17) is 35.2 Å². The lowest BCUT2D eigenvalue weighted by atomic mass is 9.92. The van der Waals surface area contributed by atoms with E-state index in [0.29, 0.717) is 0 Å². The maximum absolute atomic E-state index is 13.5. The molecule has 0 radical (unpaired) electrons. The van der Waals surface area contributed by atoms with Gasteiger partial charge in [0.2, 0.25) is 0 Å². The van der Waals surface area contributed by atoms with Gasteiger partial charge < -0.3 is 24.8 Å². The third kappa shape index (κ3) is 6.53. The number of aromatic nitrogens is 3. The third-order valence-electron chi connectivity index (χ3n) is 5.13. The van der Waals surface area contributed by atoms with Crippen molar-refractivity contribution in [1.29, 1.82) is 0 Å². The fourth-order valence-electron chi connectivity index (χ4n) is 3.33. The number of terminal acetylenes is 1. The molecule has 1 fully saturated rings. The van der Waals surface area contributed by atoms with Crippen molar-refractivity contribution in [2.24, 2.45) is 5.73 Å². The largest absolute Gasteiger partial charge is 0.530 e. The molecule has 14 nitrogen and oxygen atoms in total. The van der Waals surface area contributed by atoms with E-state index in [9.17, 15) is 24.1 Å². The molecule has 3 rings (SSSR count). The van der Waals surface area contributed by atoms with E-state index in [0.717, 1.165) is 10.9 Å². The van der Waals surface area contributed by atoms with E-state index in [1.54, 1.807) is 32.0 Å². The van der Waals surface area contributed by atoms with Gasteiger partial charge >= 0.3 is 25.2 Å². The van der Waals surface area contributed by atoms with Crippen LogP contribution in [0.4, 0.5) is 0 Å². The molecular weight excluding hydrogens is 511 g/mol. The molecular formula is C22H27N4O10P. The van der Waals surface area contributed by atoms with Gasteiger partial charge in [0.25, 0.3) is 0 Å². The van der Waals surface area contributed by atoms with Crippen molar-refractivity contribution in [2.75, 3.05) is 6.61 Å². The third-order valence-corrected chi connectivity index (χ3v) is 6.61. The van der Waals surface area contributed by atoms with Crippen molar-refractivity contribution in [3.05, 3.63) is 57.6 Å². The van der Waals surface area contributed by atoms with Gasteiger partial charge in [0.05, 0.1) is 12.7 Å². The fraction of sp³-hybridized carbons (Fsp3) is 0.455. The van der Waals surface area contributed by atoms with Crippen LogP contribution in [0, 0.1) is 12.3 Å². The van der Waals surface area contributed by atoms with E-state index in [2.05, 4.69) is 10.9 Å². The van der Waals surface area contributed by atoms with Gasteiger partial charge in [-0.1, -0.05) is 24.1 Å². The minimum absolute atomic E-state index is 0.101. The minimum atomic E-state index is -4.54. The number of aliphatic hydroxyl groups is 1. The highest BCUT2D eigenvalue weighted by Gasteiger charge is 2.55. The Labute approximate surface area is 211 Å². The number of phosphoric ester groups is 1. The number of carbonyl (C=O) groups excluding carboxylic acids is 1. The molecule has 6 atom stereocenters. The summed E-state index contributed by atoms with van der Waals surface area (Å²) in [6, 6.07) is 7.87. The van der Waals surface area contributed by atoms with Gasteiger partial charge in [-0.2, -0.15) is 4.98 Å². The van der Waals surface area contributed by atoms with Crippen LogP contribution >= 0.6 is 7.82 Å². The van der Waals surface area contributed by atoms with Gasteiger partial charge in [0.15, 0.2) is 17.9 Å². The Morgan fingerprint density at radius 3 is 2.62 bits per heavy atom. The van der Waals surface area contributed by atoms with E-state index in [1.165, 1.54) is 19.1 Å². The molecule has 1 saturated heterocycles.